The van der Waals surface area contributed by atoms with E-state index in [1.807, 2.05) is 24.4 Å². The average molecular weight is 540 g/mol. The zero-order chi connectivity index (χ0) is 27.8. The van der Waals surface area contributed by atoms with E-state index in [1.54, 1.807) is 0 Å². The fourth-order valence-electron chi connectivity index (χ4n) is 6.81. The molecule has 2 aromatic heterocycles. The second-order valence-corrected chi connectivity index (χ2v) is 10.8. The van der Waals surface area contributed by atoms with Crippen molar-refractivity contribution in [1.82, 2.24) is 14.5 Å². The van der Waals surface area contributed by atoms with E-state index in [-0.39, 0.29) is 0 Å². The molecule has 4 nitrogen and oxygen atoms in total. The van der Waals surface area contributed by atoms with Crippen LogP contribution in [-0.4, -0.2) is 14.5 Å². The zero-order valence-corrected chi connectivity index (χ0v) is 23.0. The monoisotopic (exact) mass is 539 g/mol. The number of fused-ring (bicyclic) bond motifs is 5. The van der Waals surface area contributed by atoms with Crippen LogP contribution in [0, 0.1) is 0 Å². The van der Waals surface area contributed by atoms with Crippen molar-refractivity contribution >= 4 is 43.5 Å². The Morgan fingerprint density at radius 1 is 0.667 bits per heavy atom. The van der Waals surface area contributed by atoms with Gasteiger partial charge in [0.15, 0.2) is 11.5 Å². The van der Waals surface area contributed by atoms with Crippen molar-refractivity contribution in [3.8, 4) is 39.4 Å². The summed E-state index contributed by atoms with van der Waals surface area (Å²) in [4.78, 5) is 9.72. The highest BCUT2D eigenvalue weighted by Gasteiger charge is 2.25. The molecule has 6 aromatic carbocycles. The molecule has 9 rings (SSSR count). The molecule has 4 heteroatoms. The van der Waals surface area contributed by atoms with E-state index in [4.69, 9.17) is 14.7 Å². The van der Waals surface area contributed by atoms with Crippen LogP contribution in [0.4, 0.5) is 0 Å². The molecule has 0 fully saturated rings. The fraction of sp³-hybridized carbons (Fsp3) is 0.0526. The molecular weight excluding hydrogens is 514 g/mol. The maximum absolute atomic E-state index is 6.57. The summed E-state index contributed by atoms with van der Waals surface area (Å²) in [5.41, 5.74) is 8.74. The van der Waals surface area contributed by atoms with E-state index in [9.17, 15) is 0 Å². The third-order valence-corrected chi connectivity index (χ3v) is 8.57. The summed E-state index contributed by atoms with van der Waals surface area (Å²) in [5, 5.41) is 5.96. The molecule has 0 amide bonds. The highest BCUT2D eigenvalue weighted by molar-refractivity contribution is 6.23. The number of pyridine rings is 1. The Bertz CT molecular complexity index is 2320. The maximum Gasteiger partial charge on any atom is 0.153 e. The largest absolute Gasteiger partial charge is 0.453 e. The summed E-state index contributed by atoms with van der Waals surface area (Å²) in [6, 6.07) is 40.8. The van der Waals surface area contributed by atoms with Gasteiger partial charge in [-0.1, -0.05) is 91.9 Å². The molecule has 1 aliphatic heterocycles. The molecule has 0 atom stereocenters. The highest BCUT2D eigenvalue weighted by Crippen LogP contribution is 2.48. The van der Waals surface area contributed by atoms with Crippen molar-refractivity contribution in [2.75, 3.05) is 0 Å². The second-order valence-electron chi connectivity index (χ2n) is 10.8. The van der Waals surface area contributed by atoms with E-state index < -0.39 is 0 Å². The van der Waals surface area contributed by atoms with E-state index in [2.05, 4.69) is 109 Å². The molecule has 8 aromatic rings. The number of rotatable bonds is 3. The first-order chi connectivity index (χ1) is 20.8. The van der Waals surface area contributed by atoms with Gasteiger partial charge in [0, 0.05) is 23.6 Å². The lowest BCUT2D eigenvalue weighted by Gasteiger charge is -2.23. The molecule has 0 bridgehead atoms. The minimum atomic E-state index is 0.842. The van der Waals surface area contributed by atoms with Crippen LogP contribution in [0.3, 0.4) is 0 Å². The molecule has 3 heterocycles. The molecule has 198 valence electrons. The first-order valence-electron chi connectivity index (χ1n) is 14.4. The SMILES string of the molecule is CCc1nc2cccc3c2n1-c1ccc(-c2c4ccccc4c(-c4cccc5cccnc45)c4ccccc24)cc1O3. The van der Waals surface area contributed by atoms with Gasteiger partial charge in [0.05, 0.1) is 16.7 Å². The lowest BCUT2D eigenvalue weighted by atomic mass is 9.85. The first kappa shape index (κ1) is 23.2. The number of ether oxygens (including phenoxy) is 1. The third-order valence-electron chi connectivity index (χ3n) is 8.57. The van der Waals surface area contributed by atoms with E-state index in [1.165, 1.54) is 32.7 Å². The van der Waals surface area contributed by atoms with Crippen molar-refractivity contribution in [3.05, 3.63) is 127 Å². The summed E-state index contributed by atoms with van der Waals surface area (Å²) in [6.45, 7) is 2.15. The summed E-state index contributed by atoms with van der Waals surface area (Å²) in [5.74, 6) is 2.73. The van der Waals surface area contributed by atoms with Crippen LogP contribution in [0.25, 0.3) is 71.4 Å². The Morgan fingerprint density at radius 2 is 1.38 bits per heavy atom. The molecule has 42 heavy (non-hydrogen) atoms. The molecule has 0 unspecified atom stereocenters. The minimum absolute atomic E-state index is 0.842. The Labute approximate surface area is 242 Å². The lowest BCUT2D eigenvalue weighted by molar-refractivity contribution is 0.474. The molecule has 0 saturated heterocycles. The topological polar surface area (TPSA) is 39.9 Å². The average Bonchev–Trinajstić information content (AvgIpc) is 3.43. The standard InChI is InChI=1S/C38H25N3O/c1-2-34-40-30-17-8-18-32-38(30)41(34)31-20-19-24(22-33(31)42-32)35-25-12-3-5-14-27(25)36(28-15-6-4-13-26(28)35)29-16-7-10-23-11-9-21-39-37(23)29/h3-22H,2H2,1H3. The number of benzene rings is 6. The zero-order valence-electron chi connectivity index (χ0n) is 23.0. The van der Waals surface area contributed by atoms with Gasteiger partial charge >= 0.3 is 0 Å². The van der Waals surface area contributed by atoms with Crippen LogP contribution in [0.5, 0.6) is 11.5 Å². The first-order valence-corrected chi connectivity index (χ1v) is 14.4. The molecule has 0 spiro atoms. The summed E-state index contributed by atoms with van der Waals surface area (Å²) in [7, 11) is 0. The summed E-state index contributed by atoms with van der Waals surface area (Å²) >= 11 is 0. The highest BCUT2D eigenvalue weighted by atomic mass is 16.5. The van der Waals surface area contributed by atoms with E-state index in [0.29, 0.717) is 0 Å². The lowest BCUT2D eigenvalue weighted by Crippen LogP contribution is -2.07. The number of hydrogen-bond donors (Lipinski definition) is 0. The Kier molecular flexibility index (Phi) is 4.85. The summed E-state index contributed by atoms with van der Waals surface area (Å²) < 4.78 is 8.83. The summed E-state index contributed by atoms with van der Waals surface area (Å²) in [6.07, 6.45) is 2.73. The Hall–Kier alpha value is -5.48. The number of nitrogens with zero attached hydrogens (tertiary/aromatic N) is 3. The Morgan fingerprint density at radius 3 is 2.14 bits per heavy atom. The normalized spacial score (nSPS) is 12.2. The van der Waals surface area contributed by atoms with Gasteiger partial charge in [-0.05, 0) is 68.6 Å². The van der Waals surface area contributed by atoms with Gasteiger partial charge < -0.3 is 4.74 Å². The van der Waals surface area contributed by atoms with Crippen LogP contribution in [-0.2, 0) is 6.42 Å². The molecule has 0 N–H and O–H groups in total. The number of aromatic nitrogens is 3. The Balaban J connectivity index is 1.35. The van der Waals surface area contributed by atoms with Gasteiger partial charge in [-0.15, -0.1) is 0 Å². The van der Waals surface area contributed by atoms with Gasteiger partial charge in [0.2, 0.25) is 0 Å². The van der Waals surface area contributed by atoms with Gasteiger partial charge in [-0.2, -0.15) is 0 Å². The van der Waals surface area contributed by atoms with Crippen LogP contribution in [0.2, 0.25) is 0 Å². The van der Waals surface area contributed by atoms with Crippen molar-refractivity contribution in [1.29, 1.82) is 0 Å². The molecule has 0 aliphatic carbocycles. The van der Waals surface area contributed by atoms with Gasteiger partial charge in [0.25, 0.3) is 0 Å². The van der Waals surface area contributed by atoms with Gasteiger partial charge in [0.1, 0.15) is 11.3 Å². The molecule has 0 radical (unpaired) electrons. The predicted molar refractivity (Wildman–Crippen MR) is 172 cm³/mol. The van der Waals surface area contributed by atoms with Crippen LogP contribution in [0.15, 0.2) is 121 Å². The van der Waals surface area contributed by atoms with Crippen molar-refractivity contribution in [2.24, 2.45) is 0 Å². The van der Waals surface area contributed by atoms with Crippen molar-refractivity contribution in [2.45, 2.75) is 13.3 Å². The van der Waals surface area contributed by atoms with Gasteiger partial charge in [-0.3, -0.25) is 9.55 Å². The maximum atomic E-state index is 6.57. The number of para-hydroxylation sites is 2. The van der Waals surface area contributed by atoms with Crippen molar-refractivity contribution < 1.29 is 4.74 Å². The fourth-order valence-corrected chi connectivity index (χ4v) is 6.81. The predicted octanol–water partition coefficient (Wildman–Crippen LogP) is 9.88. The number of aryl methyl sites for hydroxylation is 1. The van der Waals surface area contributed by atoms with Crippen molar-refractivity contribution in [3.63, 3.8) is 0 Å². The third kappa shape index (κ3) is 3.18. The van der Waals surface area contributed by atoms with Crippen LogP contribution >= 0.6 is 0 Å². The quantitative estimate of drug-likeness (QED) is 0.210. The minimum Gasteiger partial charge on any atom is -0.453 e. The second kappa shape index (κ2) is 8.76. The van der Waals surface area contributed by atoms with Gasteiger partial charge in [-0.25, -0.2) is 4.98 Å². The van der Waals surface area contributed by atoms with E-state index >= 15 is 0 Å². The molecular formula is C38H25N3O. The number of imidazole rings is 1. The molecule has 0 saturated carbocycles. The number of hydrogen-bond acceptors (Lipinski definition) is 3. The molecule has 1 aliphatic rings. The van der Waals surface area contributed by atoms with Crippen LogP contribution < -0.4 is 4.74 Å². The van der Waals surface area contributed by atoms with Crippen LogP contribution in [0.1, 0.15) is 12.7 Å². The smallest absolute Gasteiger partial charge is 0.153 e. The van der Waals surface area contributed by atoms with E-state index in [0.717, 1.165) is 62.5 Å².